The second-order valence-electron chi connectivity index (χ2n) is 12.7. The van der Waals surface area contributed by atoms with Crippen LogP contribution >= 0.6 is 0 Å². The molecule has 49 heavy (non-hydrogen) atoms. The number of aromatic amines is 2. The van der Waals surface area contributed by atoms with Crippen LogP contribution in [-0.4, -0.2) is 60.6 Å². The highest BCUT2D eigenvalue weighted by Gasteiger charge is 2.28. The van der Waals surface area contributed by atoms with Crippen LogP contribution in [0.4, 0.5) is 0 Å². The lowest BCUT2D eigenvalue weighted by atomic mass is 9.94. The molecule has 2 aliphatic rings. The predicted octanol–water partition coefficient (Wildman–Crippen LogP) is 7.47. The third-order valence-electron chi connectivity index (χ3n) is 9.82. The van der Waals surface area contributed by atoms with Crippen molar-refractivity contribution in [2.24, 2.45) is 9.98 Å². The molecule has 0 saturated heterocycles. The monoisotopic (exact) mass is 670 g/mol. The molecule has 0 fully saturated rings. The lowest BCUT2D eigenvalue weighted by molar-refractivity contribution is -0.141. The van der Waals surface area contributed by atoms with E-state index in [2.05, 4.69) is 43.7 Å². The SMILES string of the molecule is CCc1c(C)[nH]c(/C=C2\N=C(CC3=N/C(=C/c4[nH]c(C)c(CCC(=O)OC)c4C)C(C)=C3CCC(=O)OC)C(C)=C2CCC(=O)OC)c1C. The van der Waals surface area contributed by atoms with Crippen LogP contribution in [-0.2, 0) is 41.4 Å². The molecule has 0 aliphatic carbocycles. The number of carbonyl (C=O) groups is 3. The van der Waals surface area contributed by atoms with E-state index in [1.54, 1.807) is 0 Å². The Balaban J connectivity index is 1.75. The van der Waals surface area contributed by atoms with Crippen molar-refractivity contribution in [3.8, 4) is 0 Å². The van der Waals surface area contributed by atoms with Gasteiger partial charge in [-0.25, -0.2) is 0 Å². The number of aryl methyl sites for hydroxylation is 2. The molecule has 0 aromatic carbocycles. The van der Waals surface area contributed by atoms with Crippen molar-refractivity contribution in [1.82, 2.24) is 9.97 Å². The first-order valence-electron chi connectivity index (χ1n) is 16.9. The molecule has 2 aliphatic heterocycles. The van der Waals surface area contributed by atoms with Crippen molar-refractivity contribution in [3.63, 3.8) is 0 Å². The Hall–Kier alpha value is -4.73. The van der Waals surface area contributed by atoms with Gasteiger partial charge in [0.2, 0.25) is 0 Å². The standard InChI is InChI=1S/C39H50N4O6/c1-11-27-21(2)32(40-25(27)6)19-35-30(14-17-39(46)49-10)24(5)34(43-35)20-36-29(13-16-38(45)48-9)23(4)33(42-36)18-31-22(3)28(26(7)41-31)12-15-37(44)47-8/h18-19,40-41H,11-17,20H2,1-10H3/b33-18+,35-19-. The van der Waals surface area contributed by atoms with Crippen LogP contribution in [0.15, 0.2) is 43.7 Å². The van der Waals surface area contributed by atoms with Crippen molar-refractivity contribution in [3.05, 3.63) is 78.7 Å². The van der Waals surface area contributed by atoms with Crippen LogP contribution in [0.5, 0.6) is 0 Å². The van der Waals surface area contributed by atoms with Crippen molar-refractivity contribution in [2.75, 3.05) is 21.3 Å². The highest BCUT2D eigenvalue weighted by molar-refractivity contribution is 6.21. The summed E-state index contributed by atoms with van der Waals surface area (Å²) in [6, 6.07) is 0. The van der Waals surface area contributed by atoms with E-state index >= 15 is 0 Å². The highest BCUT2D eigenvalue weighted by Crippen LogP contribution is 2.37. The van der Waals surface area contributed by atoms with Gasteiger partial charge in [-0.1, -0.05) is 6.92 Å². The number of ether oxygens (including phenoxy) is 3. The van der Waals surface area contributed by atoms with Crippen LogP contribution < -0.4 is 0 Å². The number of aliphatic imine (C=N–C) groups is 2. The lowest BCUT2D eigenvalue weighted by Gasteiger charge is -2.09. The first-order chi connectivity index (χ1) is 23.3. The van der Waals surface area contributed by atoms with Crippen LogP contribution in [0.25, 0.3) is 12.2 Å². The van der Waals surface area contributed by atoms with Crippen molar-refractivity contribution in [1.29, 1.82) is 0 Å². The van der Waals surface area contributed by atoms with Gasteiger partial charge in [-0.2, -0.15) is 0 Å². The number of esters is 3. The summed E-state index contributed by atoms with van der Waals surface area (Å²) in [5.74, 6) is -0.792. The molecule has 0 unspecified atom stereocenters. The summed E-state index contributed by atoms with van der Waals surface area (Å²) >= 11 is 0. The maximum Gasteiger partial charge on any atom is 0.305 e. The molecule has 4 heterocycles. The van der Waals surface area contributed by atoms with Crippen LogP contribution in [0.1, 0.15) is 104 Å². The molecule has 2 aromatic heterocycles. The number of hydrogen-bond donors (Lipinski definition) is 2. The molecular formula is C39H50N4O6. The summed E-state index contributed by atoms with van der Waals surface area (Å²) in [6.45, 7) is 14.5. The molecular weight excluding hydrogens is 620 g/mol. The van der Waals surface area contributed by atoms with Gasteiger partial charge in [0, 0.05) is 48.5 Å². The lowest BCUT2D eigenvalue weighted by Crippen LogP contribution is -2.11. The number of rotatable bonds is 14. The molecule has 0 bridgehead atoms. The molecule has 4 rings (SSSR count). The Bertz CT molecular complexity index is 1840. The molecule has 0 atom stereocenters. The van der Waals surface area contributed by atoms with E-state index < -0.39 is 0 Å². The van der Waals surface area contributed by atoms with Gasteiger partial charge in [0.05, 0.1) is 44.1 Å². The average molecular weight is 671 g/mol. The molecule has 10 nitrogen and oxygen atoms in total. The maximum absolute atomic E-state index is 12.2. The third kappa shape index (κ3) is 8.29. The molecule has 10 heteroatoms. The number of allylic oxidation sites excluding steroid dienone is 4. The normalized spacial score (nSPS) is 16.2. The summed E-state index contributed by atoms with van der Waals surface area (Å²) < 4.78 is 14.8. The molecule has 2 N–H and O–H groups in total. The Morgan fingerprint density at radius 3 is 1.61 bits per heavy atom. The Morgan fingerprint density at radius 1 is 0.612 bits per heavy atom. The summed E-state index contributed by atoms with van der Waals surface area (Å²) in [7, 11) is 4.20. The van der Waals surface area contributed by atoms with E-state index in [1.165, 1.54) is 32.5 Å². The van der Waals surface area contributed by atoms with Gasteiger partial charge in [0.1, 0.15) is 0 Å². The van der Waals surface area contributed by atoms with E-state index in [4.69, 9.17) is 24.2 Å². The number of aromatic nitrogens is 2. The topological polar surface area (TPSA) is 135 Å². The Labute approximate surface area is 289 Å². The number of nitrogens with one attached hydrogen (secondary N) is 2. The van der Waals surface area contributed by atoms with Crippen molar-refractivity contribution >= 4 is 41.5 Å². The zero-order valence-electron chi connectivity index (χ0n) is 30.7. The number of hydrogen-bond acceptors (Lipinski definition) is 8. The van der Waals surface area contributed by atoms with Crippen LogP contribution in [0, 0.1) is 27.7 Å². The first-order valence-corrected chi connectivity index (χ1v) is 16.9. The van der Waals surface area contributed by atoms with Gasteiger partial charge in [0.15, 0.2) is 0 Å². The molecule has 262 valence electrons. The quantitative estimate of drug-likeness (QED) is 0.158. The molecule has 0 spiro atoms. The summed E-state index contributed by atoms with van der Waals surface area (Å²) in [6.07, 6.45) is 7.88. The fourth-order valence-electron chi connectivity index (χ4n) is 6.80. The maximum atomic E-state index is 12.2. The minimum Gasteiger partial charge on any atom is -0.469 e. The van der Waals surface area contributed by atoms with Crippen molar-refractivity contribution in [2.45, 2.75) is 99.8 Å². The Kier molecular flexibility index (Phi) is 12.2. The van der Waals surface area contributed by atoms with Crippen LogP contribution in [0.2, 0.25) is 0 Å². The molecule has 0 saturated carbocycles. The number of carbonyl (C=O) groups excluding carboxylic acids is 3. The third-order valence-corrected chi connectivity index (χ3v) is 9.82. The smallest absolute Gasteiger partial charge is 0.305 e. The second-order valence-corrected chi connectivity index (χ2v) is 12.7. The minimum atomic E-state index is -0.282. The Morgan fingerprint density at radius 2 is 1.08 bits per heavy atom. The molecule has 0 radical (unpaired) electrons. The van der Waals surface area contributed by atoms with Gasteiger partial charge in [0.25, 0.3) is 0 Å². The zero-order valence-corrected chi connectivity index (χ0v) is 30.7. The van der Waals surface area contributed by atoms with E-state index in [0.29, 0.717) is 32.1 Å². The molecule has 2 aromatic rings. The van der Waals surface area contributed by atoms with Gasteiger partial charge in [-0.05, 0) is 124 Å². The fourth-order valence-corrected chi connectivity index (χ4v) is 6.80. The predicted molar refractivity (Wildman–Crippen MR) is 194 cm³/mol. The van der Waals surface area contributed by atoms with Gasteiger partial charge in [-0.3, -0.25) is 24.4 Å². The number of methoxy groups -OCH3 is 3. The summed E-state index contributed by atoms with van der Waals surface area (Å²) in [5, 5.41) is 0. The molecule has 0 amide bonds. The van der Waals surface area contributed by atoms with E-state index in [9.17, 15) is 14.4 Å². The van der Waals surface area contributed by atoms with E-state index in [-0.39, 0.29) is 30.7 Å². The van der Waals surface area contributed by atoms with Gasteiger partial charge >= 0.3 is 17.9 Å². The second kappa shape index (κ2) is 16.1. The summed E-state index contributed by atoms with van der Waals surface area (Å²) in [5.41, 5.74) is 16.1. The summed E-state index contributed by atoms with van der Waals surface area (Å²) in [4.78, 5) is 53.5. The number of nitrogens with zero attached hydrogens (tertiary/aromatic N) is 2. The van der Waals surface area contributed by atoms with Crippen molar-refractivity contribution < 1.29 is 28.6 Å². The average Bonchev–Trinajstić information content (AvgIpc) is 3.73. The van der Waals surface area contributed by atoms with Crippen LogP contribution in [0.3, 0.4) is 0 Å². The van der Waals surface area contributed by atoms with E-state index in [1.807, 2.05) is 26.8 Å². The number of H-pyrrole nitrogens is 2. The van der Waals surface area contributed by atoms with Gasteiger partial charge < -0.3 is 24.2 Å². The highest BCUT2D eigenvalue weighted by atomic mass is 16.5. The fraction of sp³-hybridized carbons (Fsp3) is 0.462. The van der Waals surface area contributed by atoms with E-state index in [0.717, 1.165) is 85.4 Å². The zero-order chi connectivity index (χ0) is 36.0. The van der Waals surface area contributed by atoms with Gasteiger partial charge in [-0.15, -0.1) is 0 Å². The first kappa shape index (κ1) is 37.1. The largest absolute Gasteiger partial charge is 0.469 e. The minimum absolute atomic E-state index is 0.232.